The number of nitrogens with two attached hydrogens (primary N) is 1. The predicted molar refractivity (Wildman–Crippen MR) is 111 cm³/mol. The third kappa shape index (κ3) is 5.49. The monoisotopic (exact) mass is 434 g/mol. The summed E-state index contributed by atoms with van der Waals surface area (Å²) < 4.78 is 5.49. The summed E-state index contributed by atoms with van der Waals surface area (Å²) in [6.07, 6.45) is 0.726. The maximum absolute atomic E-state index is 12.8. The first-order valence-electron chi connectivity index (χ1n) is 9.61. The van der Waals surface area contributed by atoms with Crippen molar-refractivity contribution >= 4 is 29.1 Å². The number of rotatable bonds is 6. The number of nitrogen functional groups attached to an aromatic ring is 1. The number of aryl methyl sites for hydroxylation is 2. The molecule has 0 unspecified atom stereocenters. The molecule has 1 aliphatic rings. The molecule has 1 atom stereocenters. The van der Waals surface area contributed by atoms with E-state index >= 15 is 0 Å². The molecule has 30 heavy (non-hydrogen) atoms. The van der Waals surface area contributed by atoms with Crippen molar-refractivity contribution in [3.8, 4) is 0 Å². The molecule has 1 saturated heterocycles. The van der Waals surface area contributed by atoms with Crippen molar-refractivity contribution in [1.82, 2.24) is 25.2 Å². The SMILES string of the molecule is Cc1nc(N)nc(C)c1CCC(=O)N1CCOC[C@](O)(CNC(=O)c2cscn2)C1. The minimum atomic E-state index is -1.38. The minimum Gasteiger partial charge on any atom is -0.384 e. The fourth-order valence-corrected chi connectivity index (χ4v) is 3.95. The van der Waals surface area contributed by atoms with Gasteiger partial charge >= 0.3 is 0 Å². The first-order valence-corrected chi connectivity index (χ1v) is 10.6. The second-order valence-corrected chi connectivity index (χ2v) is 8.10. The van der Waals surface area contributed by atoms with E-state index in [1.807, 2.05) is 13.8 Å². The number of carbonyl (C=O) groups is 2. The van der Waals surface area contributed by atoms with Crippen LogP contribution in [0, 0.1) is 13.8 Å². The molecule has 1 fully saturated rings. The van der Waals surface area contributed by atoms with Crippen LogP contribution in [-0.4, -0.2) is 75.2 Å². The Kier molecular flexibility index (Phi) is 6.95. The number of hydrogen-bond donors (Lipinski definition) is 3. The molecule has 0 aliphatic carbocycles. The van der Waals surface area contributed by atoms with Gasteiger partial charge in [0.05, 0.1) is 31.8 Å². The Morgan fingerprint density at radius 2 is 2.10 bits per heavy atom. The number of carbonyl (C=O) groups excluding carboxylic acids is 2. The molecule has 10 nitrogen and oxygen atoms in total. The van der Waals surface area contributed by atoms with Gasteiger partial charge in [0.15, 0.2) is 0 Å². The number of aliphatic hydroxyl groups is 1. The summed E-state index contributed by atoms with van der Waals surface area (Å²) in [4.78, 5) is 38.8. The number of aromatic nitrogens is 3. The predicted octanol–water partition coefficient (Wildman–Crippen LogP) is 0.0846. The molecule has 2 aromatic heterocycles. The fraction of sp³-hybridized carbons (Fsp3) is 0.526. The number of hydrogen-bond acceptors (Lipinski definition) is 9. The van der Waals surface area contributed by atoms with Crippen LogP contribution in [0.2, 0.25) is 0 Å². The Bertz CT molecular complexity index is 883. The number of β-amino-alcohol motifs (C(OH)–C–C–N with tert-alkyl or cyclic N) is 1. The number of thiazole rings is 1. The average Bonchev–Trinajstić information content (AvgIpc) is 3.15. The molecule has 11 heteroatoms. The van der Waals surface area contributed by atoms with Crippen LogP contribution in [0.5, 0.6) is 0 Å². The Morgan fingerprint density at radius 3 is 2.77 bits per heavy atom. The van der Waals surface area contributed by atoms with Crippen LogP contribution in [-0.2, 0) is 16.0 Å². The lowest BCUT2D eigenvalue weighted by Crippen LogP contribution is -2.53. The highest BCUT2D eigenvalue weighted by Crippen LogP contribution is 2.17. The van der Waals surface area contributed by atoms with Crippen molar-refractivity contribution in [3.05, 3.63) is 33.5 Å². The maximum atomic E-state index is 12.8. The molecule has 4 N–H and O–H groups in total. The van der Waals surface area contributed by atoms with E-state index in [0.717, 1.165) is 17.0 Å². The summed E-state index contributed by atoms with van der Waals surface area (Å²) in [5, 5.41) is 15.2. The van der Waals surface area contributed by atoms with E-state index in [4.69, 9.17) is 10.5 Å². The van der Waals surface area contributed by atoms with E-state index in [2.05, 4.69) is 20.3 Å². The first kappa shape index (κ1) is 22.1. The van der Waals surface area contributed by atoms with Gasteiger partial charge in [-0.05, 0) is 25.8 Å². The minimum absolute atomic E-state index is 0.0259. The van der Waals surface area contributed by atoms with Gasteiger partial charge in [-0.1, -0.05) is 0 Å². The Hall–Kier alpha value is -2.63. The molecule has 0 bridgehead atoms. The van der Waals surface area contributed by atoms with Gasteiger partial charge in [-0.2, -0.15) is 0 Å². The lowest BCUT2D eigenvalue weighted by atomic mass is 10.0. The van der Waals surface area contributed by atoms with Crippen molar-refractivity contribution in [2.75, 3.05) is 38.6 Å². The maximum Gasteiger partial charge on any atom is 0.270 e. The van der Waals surface area contributed by atoms with E-state index < -0.39 is 5.60 Å². The van der Waals surface area contributed by atoms with Crippen LogP contribution in [0.25, 0.3) is 0 Å². The summed E-state index contributed by atoms with van der Waals surface area (Å²) in [5.41, 5.74) is 8.55. The molecule has 3 heterocycles. The van der Waals surface area contributed by atoms with Crippen LogP contribution < -0.4 is 11.1 Å². The molecule has 0 spiro atoms. The van der Waals surface area contributed by atoms with Gasteiger partial charge in [-0.3, -0.25) is 9.59 Å². The van der Waals surface area contributed by atoms with Gasteiger partial charge in [-0.15, -0.1) is 11.3 Å². The zero-order valence-corrected chi connectivity index (χ0v) is 17.9. The van der Waals surface area contributed by atoms with E-state index in [1.165, 1.54) is 11.3 Å². The molecule has 0 radical (unpaired) electrons. The molecule has 0 saturated carbocycles. The van der Waals surface area contributed by atoms with Gasteiger partial charge in [0.2, 0.25) is 11.9 Å². The summed E-state index contributed by atoms with van der Waals surface area (Å²) in [6.45, 7) is 4.42. The zero-order chi connectivity index (χ0) is 21.7. The Morgan fingerprint density at radius 1 is 1.37 bits per heavy atom. The van der Waals surface area contributed by atoms with Crippen molar-refractivity contribution in [2.45, 2.75) is 32.3 Å². The van der Waals surface area contributed by atoms with E-state index in [-0.39, 0.29) is 43.9 Å². The van der Waals surface area contributed by atoms with Gasteiger partial charge in [0, 0.05) is 29.7 Å². The van der Waals surface area contributed by atoms with E-state index in [0.29, 0.717) is 25.3 Å². The molecule has 2 amide bonds. The van der Waals surface area contributed by atoms with Crippen LogP contribution in [0.3, 0.4) is 0 Å². The van der Waals surface area contributed by atoms with Crippen LogP contribution in [0.15, 0.2) is 10.9 Å². The van der Waals surface area contributed by atoms with Crippen molar-refractivity contribution < 1.29 is 19.4 Å². The highest BCUT2D eigenvalue weighted by Gasteiger charge is 2.35. The quantitative estimate of drug-likeness (QED) is 0.580. The Balaban J connectivity index is 1.59. The third-order valence-corrected chi connectivity index (χ3v) is 5.57. The summed E-state index contributed by atoms with van der Waals surface area (Å²) in [5.74, 6) is -0.268. The molecule has 1 aliphatic heterocycles. The standard InChI is InChI=1S/C19H26N6O4S/c1-12-14(13(2)24-18(20)23-12)3-4-16(26)25-5-6-29-10-19(28,9-25)8-21-17(27)15-7-30-11-22-15/h7,11,28H,3-6,8-10H2,1-2H3,(H,21,27)(H2,20,23,24)/t19-/m0/s1. The van der Waals surface area contributed by atoms with Crippen molar-refractivity contribution in [3.63, 3.8) is 0 Å². The average molecular weight is 435 g/mol. The smallest absolute Gasteiger partial charge is 0.270 e. The second kappa shape index (κ2) is 9.45. The lowest BCUT2D eigenvalue weighted by Gasteiger charge is -2.31. The molecule has 2 aromatic rings. The van der Waals surface area contributed by atoms with Gasteiger partial charge in [-0.25, -0.2) is 15.0 Å². The van der Waals surface area contributed by atoms with Crippen molar-refractivity contribution in [1.29, 1.82) is 0 Å². The lowest BCUT2D eigenvalue weighted by molar-refractivity contribution is -0.133. The van der Waals surface area contributed by atoms with E-state index in [1.54, 1.807) is 15.8 Å². The topological polar surface area (TPSA) is 144 Å². The third-order valence-electron chi connectivity index (χ3n) is 4.98. The fourth-order valence-electron chi connectivity index (χ4n) is 3.41. The number of amides is 2. The van der Waals surface area contributed by atoms with Gasteiger partial charge in [0.1, 0.15) is 11.3 Å². The van der Waals surface area contributed by atoms with Gasteiger partial charge in [0.25, 0.3) is 5.91 Å². The molecular weight excluding hydrogens is 408 g/mol. The summed E-state index contributed by atoms with van der Waals surface area (Å²) in [6, 6.07) is 0. The number of nitrogens with one attached hydrogen (secondary N) is 1. The highest BCUT2D eigenvalue weighted by molar-refractivity contribution is 7.07. The van der Waals surface area contributed by atoms with Crippen molar-refractivity contribution in [2.24, 2.45) is 0 Å². The van der Waals surface area contributed by atoms with Gasteiger partial charge < -0.3 is 25.8 Å². The number of anilines is 1. The van der Waals surface area contributed by atoms with Crippen LogP contribution in [0.1, 0.15) is 33.9 Å². The normalized spacial score (nSPS) is 19.4. The molecular formula is C19H26N6O4S. The number of ether oxygens (including phenoxy) is 1. The summed E-state index contributed by atoms with van der Waals surface area (Å²) in [7, 11) is 0. The Labute approximate surface area is 178 Å². The van der Waals surface area contributed by atoms with E-state index in [9.17, 15) is 14.7 Å². The molecule has 0 aromatic carbocycles. The zero-order valence-electron chi connectivity index (χ0n) is 17.1. The second-order valence-electron chi connectivity index (χ2n) is 7.38. The molecule has 162 valence electrons. The largest absolute Gasteiger partial charge is 0.384 e. The highest BCUT2D eigenvalue weighted by atomic mass is 32.1. The first-order chi connectivity index (χ1) is 14.3. The van der Waals surface area contributed by atoms with Crippen LogP contribution in [0.4, 0.5) is 5.95 Å². The number of nitrogens with zero attached hydrogens (tertiary/aromatic N) is 4. The molecule has 3 rings (SSSR count). The summed E-state index contributed by atoms with van der Waals surface area (Å²) >= 11 is 1.31. The van der Waals surface area contributed by atoms with Crippen LogP contribution >= 0.6 is 11.3 Å².